The molecule has 2 fully saturated rings. The summed E-state index contributed by atoms with van der Waals surface area (Å²) >= 11 is 0. The number of anilines is 1. The van der Waals surface area contributed by atoms with Crippen LogP contribution in [0.3, 0.4) is 0 Å². The van der Waals surface area contributed by atoms with Crippen LogP contribution in [0.1, 0.15) is 54.4 Å². The van der Waals surface area contributed by atoms with Gasteiger partial charge in [0, 0.05) is 55.2 Å². The number of carbonyl (C=O) groups is 1. The second kappa shape index (κ2) is 10.7. The maximum Gasteiger partial charge on any atom is 0.319 e. The van der Waals surface area contributed by atoms with Gasteiger partial charge in [0.2, 0.25) is 0 Å². The molecule has 5 rings (SSSR count). The smallest absolute Gasteiger partial charge is 0.319 e. The number of ether oxygens (including phenoxy) is 2. The highest BCUT2D eigenvalue weighted by Crippen LogP contribution is 2.30. The fourth-order valence-electron chi connectivity index (χ4n) is 4.82. The second-order valence-electron chi connectivity index (χ2n) is 9.36. The van der Waals surface area contributed by atoms with Crippen molar-refractivity contribution in [3.8, 4) is 6.01 Å². The summed E-state index contributed by atoms with van der Waals surface area (Å²) < 4.78 is 11.5. The Balaban J connectivity index is 1.30. The van der Waals surface area contributed by atoms with E-state index in [9.17, 15) is 9.90 Å². The van der Waals surface area contributed by atoms with Crippen molar-refractivity contribution in [3.05, 3.63) is 41.3 Å². The van der Waals surface area contributed by atoms with Gasteiger partial charge in [-0.1, -0.05) is 0 Å². The molecule has 0 bridgehead atoms. The van der Waals surface area contributed by atoms with Crippen LogP contribution < -0.4 is 15.0 Å². The van der Waals surface area contributed by atoms with E-state index in [0.29, 0.717) is 24.9 Å². The highest BCUT2D eigenvalue weighted by molar-refractivity contribution is 6.04. The molecule has 3 aliphatic heterocycles. The topological polar surface area (TPSA) is 122 Å². The third-order valence-corrected chi connectivity index (χ3v) is 6.77. The van der Waals surface area contributed by atoms with E-state index in [2.05, 4.69) is 31.2 Å². The summed E-state index contributed by atoms with van der Waals surface area (Å²) in [7, 11) is 0. The van der Waals surface area contributed by atoms with Gasteiger partial charge in [0.1, 0.15) is 18.1 Å². The van der Waals surface area contributed by atoms with E-state index >= 15 is 0 Å². The first kappa shape index (κ1) is 23.6. The lowest BCUT2D eigenvalue weighted by Crippen LogP contribution is -2.38. The number of rotatable bonds is 8. The molecule has 0 radical (unpaired) electrons. The van der Waals surface area contributed by atoms with Gasteiger partial charge in [0.15, 0.2) is 0 Å². The molecule has 35 heavy (non-hydrogen) atoms. The maximum atomic E-state index is 12.8. The van der Waals surface area contributed by atoms with Crippen molar-refractivity contribution in [2.45, 2.75) is 51.3 Å². The highest BCUT2D eigenvalue weighted by Gasteiger charge is 2.29. The Morgan fingerprint density at radius 1 is 1.31 bits per heavy atom. The average Bonchev–Trinajstić information content (AvgIpc) is 3.57. The normalized spacial score (nSPS) is 20.9. The largest absolute Gasteiger partial charge is 0.461 e. The molecule has 0 unspecified atom stereocenters. The number of aromatic nitrogens is 3. The zero-order valence-corrected chi connectivity index (χ0v) is 20.0. The predicted octanol–water partition coefficient (Wildman–Crippen LogP) is 1.76. The van der Waals surface area contributed by atoms with E-state index in [-0.39, 0.29) is 36.4 Å². The monoisotopic (exact) mass is 480 g/mol. The van der Waals surface area contributed by atoms with Crippen LogP contribution in [-0.4, -0.2) is 76.7 Å². The second-order valence-corrected chi connectivity index (χ2v) is 9.36. The van der Waals surface area contributed by atoms with Crippen molar-refractivity contribution in [1.82, 2.24) is 20.3 Å². The van der Waals surface area contributed by atoms with Crippen LogP contribution >= 0.6 is 0 Å². The predicted molar refractivity (Wildman–Crippen MR) is 130 cm³/mol. The third-order valence-electron chi connectivity index (χ3n) is 6.77. The van der Waals surface area contributed by atoms with Crippen LogP contribution in [0, 0.1) is 5.92 Å². The standard InChI is InChI=1S/C25H32N6O4/c1-16(14-32)28-24(33)20-12-22(30-25(29-20)35-15-18-4-3-11-34-18)31-9-6-17(7-10-31)23-19-5-2-8-26-21(19)13-27-23/h2,5,8,12,16-18,32H,3-4,6-7,9-11,13-15H2,1H3,(H,28,33)/t16-,18+/m1/s1. The van der Waals surface area contributed by atoms with Crippen LogP contribution in [0.15, 0.2) is 29.4 Å². The first-order chi connectivity index (χ1) is 17.1. The minimum atomic E-state index is -0.377. The lowest BCUT2D eigenvalue weighted by Gasteiger charge is -2.33. The minimum Gasteiger partial charge on any atom is -0.461 e. The van der Waals surface area contributed by atoms with E-state index < -0.39 is 0 Å². The molecule has 10 nitrogen and oxygen atoms in total. The summed E-state index contributed by atoms with van der Waals surface area (Å²) in [6, 6.07) is 5.57. The molecule has 1 amide bonds. The quantitative estimate of drug-likeness (QED) is 0.586. The summed E-state index contributed by atoms with van der Waals surface area (Å²) in [5, 5.41) is 12.1. The number of nitrogens with zero attached hydrogens (tertiary/aromatic N) is 5. The number of carbonyl (C=O) groups excluding carboxylic acids is 1. The summed E-state index contributed by atoms with van der Waals surface area (Å²) in [5.74, 6) is 0.677. The van der Waals surface area contributed by atoms with Crippen molar-refractivity contribution >= 4 is 17.4 Å². The summed E-state index contributed by atoms with van der Waals surface area (Å²) in [6.45, 7) is 4.91. The number of nitrogens with one attached hydrogen (secondary N) is 1. The molecule has 2 saturated heterocycles. The first-order valence-electron chi connectivity index (χ1n) is 12.4. The lowest BCUT2D eigenvalue weighted by atomic mass is 9.88. The summed E-state index contributed by atoms with van der Waals surface area (Å²) in [6.07, 6.45) is 5.68. The van der Waals surface area contributed by atoms with Crippen molar-refractivity contribution in [1.29, 1.82) is 0 Å². The molecule has 2 atom stereocenters. The van der Waals surface area contributed by atoms with E-state index in [1.54, 1.807) is 13.0 Å². The van der Waals surface area contributed by atoms with Gasteiger partial charge < -0.3 is 24.8 Å². The van der Waals surface area contributed by atoms with E-state index in [1.807, 2.05) is 12.3 Å². The molecule has 2 aromatic heterocycles. The molecule has 3 aliphatic rings. The van der Waals surface area contributed by atoms with Crippen molar-refractivity contribution in [2.75, 3.05) is 37.8 Å². The van der Waals surface area contributed by atoms with Gasteiger partial charge in [-0.25, -0.2) is 0 Å². The number of amides is 1. The third kappa shape index (κ3) is 5.43. The van der Waals surface area contributed by atoms with Crippen LogP contribution in [-0.2, 0) is 11.3 Å². The zero-order chi connectivity index (χ0) is 24.2. The molecular formula is C25H32N6O4. The minimum absolute atomic E-state index is 0.0224. The zero-order valence-electron chi connectivity index (χ0n) is 20.0. The molecule has 186 valence electrons. The van der Waals surface area contributed by atoms with Crippen molar-refractivity contribution in [2.24, 2.45) is 10.9 Å². The number of aliphatic hydroxyl groups is 1. The number of aliphatic hydroxyl groups excluding tert-OH is 1. The van der Waals surface area contributed by atoms with Gasteiger partial charge in [-0.05, 0) is 44.7 Å². The molecule has 0 spiro atoms. The summed E-state index contributed by atoms with van der Waals surface area (Å²) in [4.78, 5) is 33.1. The van der Waals surface area contributed by atoms with E-state index in [4.69, 9.17) is 14.5 Å². The van der Waals surface area contributed by atoms with E-state index in [1.165, 1.54) is 5.56 Å². The van der Waals surface area contributed by atoms with Crippen LogP contribution in [0.4, 0.5) is 5.82 Å². The number of hydrogen-bond acceptors (Lipinski definition) is 9. The molecule has 2 aromatic rings. The number of hydrogen-bond donors (Lipinski definition) is 2. The van der Waals surface area contributed by atoms with Crippen LogP contribution in [0.2, 0.25) is 0 Å². The Kier molecular flexibility index (Phi) is 7.19. The Bertz CT molecular complexity index is 1080. The van der Waals surface area contributed by atoms with Gasteiger partial charge in [-0.3, -0.25) is 14.8 Å². The van der Waals surface area contributed by atoms with Crippen LogP contribution in [0.25, 0.3) is 0 Å². The summed E-state index contributed by atoms with van der Waals surface area (Å²) in [5.41, 5.74) is 3.62. The van der Waals surface area contributed by atoms with Gasteiger partial charge in [0.05, 0.1) is 24.9 Å². The molecule has 2 N–H and O–H groups in total. The Morgan fingerprint density at radius 3 is 2.94 bits per heavy atom. The number of pyridine rings is 1. The number of aliphatic imine (C=N–C) groups is 1. The average molecular weight is 481 g/mol. The number of piperidine rings is 1. The molecule has 0 saturated carbocycles. The fourth-order valence-corrected chi connectivity index (χ4v) is 4.82. The number of fused-ring (bicyclic) bond motifs is 1. The Hall–Kier alpha value is -3.11. The van der Waals surface area contributed by atoms with Gasteiger partial charge in [-0.15, -0.1) is 0 Å². The first-order valence-corrected chi connectivity index (χ1v) is 12.4. The van der Waals surface area contributed by atoms with Gasteiger partial charge >= 0.3 is 6.01 Å². The van der Waals surface area contributed by atoms with Gasteiger partial charge in [0.25, 0.3) is 5.91 Å². The SMILES string of the molecule is C[C@H](CO)NC(=O)c1cc(N2CCC(C3=NCc4ncccc43)CC2)nc(OC[C@@H]2CCCO2)n1. The van der Waals surface area contributed by atoms with E-state index in [0.717, 1.165) is 56.8 Å². The maximum absolute atomic E-state index is 12.8. The van der Waals surface area contributed by atoms with Gasteiger partial charge in [-0.2, -0.15) is 9.97 Å². The molecule has 0 aromatic carbocycles. The fraction of sp³-hybridized carbons (Fsp3) is 0.560. The Labute approximate surface area is 204 Å². The molecule has 5 heterocycles. The highest BCUT2D eigenvalue weighted by atomic mass is 16.5. The van der Waals surface area contributed by atoms with Crippen molar-refractivity contribution in [3.63, 3.8) is 0 Å². The lowest BCUT2D eigenvalue weighted by molar-refractivity contribution is 0.0643. The molecular weight excluding hydrogens is 448 g/mol. The molecule has 0 aliphatic carbocycles. The van der Waals surface area contributed by atoms with Crippen LogP contribution in [0.5, 0.6) is 6.01 Å². The molecule has 10 heteroatoms. The van der Waals surface area contributed by atoms with Crippen molar-refractivity contribution < 1.29 is 19.4 Å². The Morgan fingerprint density at radius 2 is 2.17 bits per heavy atom.